The topological polar surface area (TPSA) is 76.1 Å². The molecule has 0 bridgehead atoms. The molecular formula is C31H38N6O. The van der Waals surface area contributed by atoms with Crippen LogP contribution in [0, 0.1) is 12.8 Å². The van der Waals surface area contributed by atoms with Gasteiger partial charge in [0.25, 0.3) is 0 Å². The molecule has 0 spiro atoms. The summed E-state index contributed by atoms with van der Waals surface area (Å²) >= 11 is 0. The van der Waals surface area contributed by atoms with Crippen molar-refractivity contribution in [2.24, 2.45) is 5.92 Å². The van der Waals surface area contributed by atoms with Crippen molar-refractivity contribution in [2.75, 3.05) is 23.3 Å². The fourth-order valence-electron chi connectivity index (χ4n) is 5.06. The zero-order chi connectivity index (χ0) is 26.5. The molecular weight excluding hydrogens is 472 g/mol. The van der Waals surface area contributed by atoms with Gasteiger partial charge in [-0.1, -0.05) is 33.6 Å². The minimum absolute atomic E-state index is 0.640. The SMILES string of the molecule is CCCCCN1CC(C)CCc2cc3ncnc(Nc4ccc(Oc5ccc(CC)nc5)c(C)c4)c3nc21. The van der Waals surface area contributed by atoms with E-state index in [4.69, 9.17) is 9.72 Å². The Labute approximate surface area is 225 Å². The van der Waals surface area contributed by atoms with Crippen molar-refractivity contribution in [1.29, 1.82) is 0 Å². The lowest BCUT2D eigenvalue weighted by molar-refractivity contribution is 0.476. The highest BCUT2D eigenvalue weighted by Gasteiger charge is 2.22. The average Bonchev–Trinajstić information content (AvgIpc) is 3.08. The summed E-state index contributed by atoms with van der Waals surface area (Å²) in [6.45, 7) is 10.8. The fourth-order valence-corrected chi connectivity index (χ4v) is 5.06. The highest BCUT2D eigenvalue weighted by Crippen LogP contribution is 2.33. The van der Waals surface area contributed by atoms with E-state index in [9.17, 15) is 0 Å². The van der Waals surface area contributed by atoms with Crippen molar-refractivity contribution < 1.29 is 4.74 Å². The van der Waals surface area contributed by atoms with Gasteiger partial charge in [-0.05, 0) is 86.1 Å². The molecule has 7 heteroatoms. The van der Waals surface area contributed by atoms with Gasteiger partial charge in [-0.25, -0.2) is 15.0 Å². The molecule has 0 saturated carbocycles. The molecule has 198 valence electrons. The number of ether oxygens (including phenoxy) is 1. The molecule has 1 aliphatic heterocycles. The number of aromatic nitrogens is 4. The van der Waals surface area contributed by atoms with Gasteiger partial charge >= 0.3 is 0 Å². The number of nitrogens with zero attached hydrogens (tertiary/aromatic N) is 5. The van der Waals surface area contributed by atoms with Crippen molar-refractivity contribution in [3.8, 4) is 11.5 Å². The van der Waals surface area contributed by atoms with Crippen molar-refractivity contribution in [3.05, 3.63) is 65.7 Å². The molecule has 7 nitrogen and oxygen atoms in total. The number of aryl methyl sites for hydroxylation is 3. The van der Waals surface area contributed by atoms with Crippen molar-refractivity contribution in [2.45, 2.75) is 66.2 Å². The third kappa shape index (κ3) is 5.87. The van der Waals surface area contributed by atoms with Crippen LogP contribution >= 0.6 is 0 Å². The first-order chi connectivity index (χ1) is 18.5. The van der Waals surface area contributed by atoms with Gasteiger partial charge in [-0.15, -0.1) is 0 Å². The van der Waals surface area contributed by atoms with Crippen LogP contribution in [0.5, 0.6) is 11.5 Å². The lowest BCUT2D eigenvalue weighted by Crippen LogP contribution is -2.29. The molecule has 1 aliphatic rings. The number of hydrogen-bond donors (Lipinski definition) is 1. The van der Waals surface area contributed by atoms with Crippen LogP contribution in [-0.2, 0) is 12.8 Å². The Kier molecular flexibility index (Phi) is 8.01. The molecule has 38 heavy (non-hydrogen) atoms. The van der Waals surface area contributed by atoms with E-state index in [1.54, 1.807) is 12.5 Å². The van der Waals surface area contributed by atoms with Crippen LogP contribution in [0.1, 0.15) is 63.3 Å². The second-order valence-electron chi connectivity index (χ2n) is 10.4. The Morgan fingerprint density at radius 1 is 1.05 bits per heavy atom. The predicted molar refractivity (Wildman–Crippen MR) is 155 cm³/mol. The number of rotatable bonds is 9. The minimum atomic E-state index is 0.640. The fraction of sp³-hybridized carbons (Fsp3) is 0.419. The summed E-state index contributed by atoms with van der Waals surface area (Å²) in [4.78, 5) is 21.3. The van der Waals surface area contributed by atoms with E-state index in [1.807, 2.05) is 31.2 Å². The Morgan fingerprint density at radius 2 is 1.95 bits per heavy atom. The summed E-state index contributed by atoms with van der Waals surface area (Å²) in [5, 5.41) is 3.49. The Bertz CT molecular complexity index is 1390. The van der Waals surface area contributed by atoms with Crippen LogP contribution < -0.4 is 15.0 Å². The largest absolute Gasteiger partial charge is 0.455 e. The molecule has 0 radical (unpaired) electrons. The molecule has 1 unspecified atom stereocenters. The highest BCUT2D eigenvalue weighted by atomic mass is 16.5. The maximum absolute atomic E-state index is 6.09. The molecule has 0 aliphatic carbocycles. The predicted octanol–water partition coefficient (Wildman–Crippen LogP) is 7.41. The maximum atomic E-state index is 6.09. The standard InChI is InChI=1S/C31H38N6O/c1-5-7-8-15-37-19-21(3)9-10-23-17-27-29(36-31(23)37)30(34-20-33-27)35-25-12-14-28(22(4)16-25)38-26-13-11-24(6-2)32-18-26/h11-14,16-18,20-21H,5-10,15,19H2,1-4H3,(H,33,34,35). The second-order valence-corrected chi connectivity index (χ2v) is 10.4. The van der Waals surface area contributed by atoms with Crippen LogP contribution in [-0.4, -0.2) is 33.0 Å². The van der Waals surface area contributed by atoms with E-state index in [0.717, 1.165) is 77.0 Å². The third-order valence-electron chi connectivity index (χ3n) is 7.26. The lowest BCUT2D eigenvalue weighted by Gasteiger charge is -2.26. The molecule has 5 rings (SSSR count). The van der Waals surface area contributed by atoms with Gasteiger partial charge < -0.3 is 15.0 Å². The Balaban J connectivity index is 1.41. The third-order valence-corrected chi connectivity index (χ3v) is 7.26. The molecule has 3 aromatic heterocycles. The van der Waals surface area contributed by atoms with E-state index in [2.05, 4.69) is 58.1 Å². The molecule has 0 fully saturated rings. The molecule has 4 aromatic rings. The van der Waals surface area contributed by atoms with Gasteiger partial charge in [-0.2, -0.15) is 0 Å². The van der Waals surface area contributed by atoms with E-state index in [-0.39, 0.29) is 0 Å². The van der Waals surface area contributed by atoms with Crippen LogP contribution in [0.15, 0.2) is 48.9 Å². The van der Waals surface area contributed by atoms with Gasteiger partial charge in [-0.3, -0.25) is 4.98 Å². The number of pyridine rings is 2. The first kappa shape index (κ1) is 25.9. The normalized spacial score (nSPS) is 15.3. The number of hydrogen-bond acceptors (Lipinski definition) is 7. The van der Waals surface area contributed by atoms with Crippen LogP contribution in [0.3, 0.4) is 0 Å². The number of nitrogens with one attached hydrogen (secondary N) is 1. The highest BCUT2D eigenvalue weighted by molar-refractivity contribution is 5.89. The zero-order valence-electron chi connectivity index (χ0n) is 23.0. The average molecular weight is 511 g/mol. The first-order valence-electron chi connectivity index (χ1n) is 13.9. The molecule has 1 atom stereocenters. The first-order valence-corrected chi connectivity index (χ1v) is 13.9. The van der Waals surface area contributed by atoms with E-state index in [0.29, 0.717) is 5.92 Å². The molecule has 1 aromatic carbocycles. The van der Waals surface area contributed by atoms with Crippen LogP contribution in [0.4, 0.5) is 17.3 Å². The van der Waals surface area contributed by atoms with E-state index in [1.165, 1.54) is 31.2 Å². The number of unbranched alkanes of at least 4 members (excludes halogenated alkanes) is 2. The molecule has 0 amide bonds. The van der Waals surface area contributed by atoms with Crippen LogP contribution in [0.25, 0.3) is 11.0 Å². The quantitative estimate of drug-likeness (QED) is 0.235. The van der Waals surface area contributed by atoms with E-state index < -0.39 is 0 Å². The number of fused-ring (bicyclic) bond motifs is 2. The van der Waals surface area contributed by atoms with Gasteiger partial charge in [0.15, 0.2) is 5.82 Å². The van der Waals surface area contributed by atoms with Crippen molar-refractivity contribution >= 4 is 28.4 Å². The smallest absolute Gasteiger partial charge is 0.160 e. The van der Waals surface area contributed by atoms with Gasteiger partial charge in [0.05, 0.1) is 11.7 Å². The summed E-state index contributed by atoms with van der Waals surface area (Å²) in [6.07, 6.45) is 10.2. The second kappa shape index (κ2) is 11.8. The molecule has 4 heterocycles. The Morgan fingerprint density at radius 3 is 2.71 bits per heavy atom. The van der Waals surface area contributed by atoms with Gasteiger partial charge in [0.1, 0.15) is 29.2 Å². The monoisotopic (exact) mass is 510 g/mol. The molecule has 0 saturated heterocycles. The summed E-state index contributed by atoms with van der Waals surface area (Å²) < 4.78 is 6.09. The van der Waals surface area contributed by atoms with Crippen LogP contribution in [0.2, 0.25) is 0 Å². The number of benzene rings is 1. The summed E-state index contributed by atoms with van der Waals surface area (Å²) in [5.41, 5.74) is 5.98. The lowest BCUT2D eigenvalue weighted by atomic mass is 10.0. The van der Waals surface area contributed by atoms with Crippen molar-refractivity contribution in [1.82, 2.24) is 19.9 Å². The van der Waals surface area contributed by atoms with Crippen molar-refractivity contribution in [3.63, 3.8) is 0 Å². The Hall–Kier alpha value is -3.74. The van der Waals surface area contributed by atoms with E-state index >= 15 is 0 Å². The minimum Gasteiger partial charge on any atom is -0.455 e. The molecule has 1 N–H and O–H groups in total. The number of anilines is 3. The summed E-state index contributed by atoms with van der Waals surface area (Å²) in [7, 11) is 0. The maximum Gasteiger partial charge on any atom is 0.160 e. The van der Waals surface area contributed by atoms with Gasteiger partial charge in [0, 0.05) is 24.5 Å². The van der Waals surface area contributed by atoms with Gasteiger partial charge in [0.2, 0.25) is 0 Å². The summed E-state index contributed by atoms with van der Waals surface area (Å²) in [6, 6.07) is 12.2. The zero-order valence-corrected chi connectivity index (χ0v) is 23.0. The summed E-state index contributed by atoms with van der Waals surface area (Å²) in [5.74, 6) is 3.99.